The average Bonchev–Trinajstić information content (AvgIpc) is 2.36. The first-order chi connectivity index (χ1) is 8.56. The number of Topliss-reactive ketones (excluding diaryl/α,β-unsaturated/α-hetero) is 1. The average molecular weight is 269 g/mol. The van der Waals surface area contributed by atoms with Crippen molar-refractivity contribution < 1.29 is 9.18 Å². The summed E-state index contributed by atoms with van der Waals surface area (Å²) in [6.07, 6.45) is 2.42. The largest absolute Gasteiger partial charge is 0.302 e. The SMILES string of the molecule is CSCC(C)N(C)CCC(=O)c1ccccc1F. The Hall–Kier alpha value is -0.870. The lowest BCUT2D eigenvalue weighted by atomic mass is 10.1. The van der Waals surface area contributed by atoms with Gasteiger partial charge in [-0.05, 0) is 32.4 Å². The lowest BCUT2D eigenvalue weighted by Crippen LogP contribution is -2.32. The molecule has 100 valence electrons. The maximum atomic E-state index is 13.4. The van der Waals surface area contributed by atoms with Gasteiger partial charge in [-0.2, -0.15) is 11.8 Å². The molecule has 2 nitrogen and oxygen atoms in total. The number of hydrogen-bond acceptors (Lipinski definition) is 3. The second kappa shape index (κ2) is 7.54. The molecule has 0 amide bonds. The van der Waals surface area contributed by atoms with E-state index in [0.29, 0.717) is 19.0 Å². The Labute approximate surface area is 113 Å². The quantitative estimate of drug-likeness (QED) is 0.710. The van der Waals surface area contributed by atoms with Crippen LogP contribution in [0.1, 0.15) is 23.7 Å². The van der Waals surface area contributed by atoms with E-state index in [1.54, 1.807) is 30.0 Å². The third-order valence-electron chi connectivity index (χ3n) is 3.03. The van der Waals surface area contributed by atoms with Crippen molar-refractivity contribution in [3.63, 3.8) is 0 Å². The molecular formula is C14H20FNOS. The van der Waals surface area contributed by atoms with Gasteiger partial charge >= 0.3 is 0 Å². The number of hydrogen-bond donors (Lipinski definition) is 0. The van der Waals surface area contributed by atoms with Gasteiger partial charge in [0.25, 0.3) is 0 Å². The number of nitrogens with zero attached hydrogens (tertiary/aromatic N) is 1. The molecule has 1 aromatic rings. The summed E-state index contributed by atoms with van der Waals surface area (Å²) in [5.41, 5.74) is 0.198. The van der Waals surface area contributed by atoms with Crippen LogP contribution in [0.3, 0.4) is 0 Å². The predicted octanol–water partition coefficient (Wildman–Crippen LogP) is 3.08. The highest BCUT2D eigenvalue weighted by Crippen LogP contribution is 2.10. The van der Waals surface area contributed by atoms with Crippen LogP contribution >= 0.6 is 11.8 Å². The zero-order valence-corrected chi connectivity index (χ0v) is 12.0. The Balaban J connectivity index is 2.49. The van der Waals surface area contributed by atoms with Crippen molar-refractivity contribution in [3.8, 4) is 0 Å². The number of carbonyl (C=O) groups excluding carboxylic acids is 1. The molecule has 0 aliphatic rings. The lowest BCUT2D eigenvalue weighted by Gasteiger charge is -2.23. The first-order valence-electron chi connectivity index (χ1n) is 6.03. The minimum absolute atomic E-state index is 0.128. The topological polar surface area (TPSA) is 20.3 Å². The predicted molar refractivity (Wildman–Crippen MR) is 75.8 cm³/mol. The Bertz CT molecular complexity index is 397. The molecule has 0 saturated carbocycles. The first kappa shape index (κ1) is 15.2. The highest BCUT2D eigenvalue weighted by atomic mass is 32.2. The van der Waals surface area contributed by atoms with Gasteiger partial charge in [-0.3, -0.25) is 4.79 Å². The molecule has 0 radical (unpaired) electrons. The maximum absolute atomic E-state index is 13.4. The highest BCUT2D eigenvalue weighted by Gasteiger charge is 2.14. The van der Waals surface area contributed by atoms with E-state index in [2.05, 4.69) is 18.1 Å². The van der Waals surface area contributed by atoms with Gasteiger partial charge in [0.15, 0.2) is 5.78 Å². The molecule has 1 aromatic carbocycles. The van der Waals surface area contributed by atoms with Crippen LogP contribution in [0.15, 0.2) is 24.3 Å². The third kappa shape index (κ3) is 4.42. The summed E-state index contributed by atoms with van der Waals surface area (Å²) < 4.78 is 13.4. The van der Waals surface area contributed by atoms with Crippen molar-refractivity contribution in [2.45, 2.75) is 19.4 Å². The molecule has 1 rings (SSSR count). The molecule has 0 heterocycles. The Morgan fingerprint density at radius 2 is 2.11 bits per heavy atom. The normalized spacial score (nSPS) is 12.7. The van der Waals surface area contributed by atoms with E-state index < -0.39 is 5.82 Å². The van der Waals surface area contributed by atoms with Crippen LogP contribution < -0.4 is 0 Å². The van der Waals surface area contributed by atoms with Gasteiger partial charge in [0.1, 0.15) is 5.82 Å². The van der Waals surface area contributed by atoms with Gasteiger partial charge in [-0.15, -0.1) is 0 Å². The van der Waals surface area contributed by atoms with Crippen LogP contribution in [0.5, 0.6) is 0 Å². The van der Waals surface area contributed by atoms with E-state index in [0.717, 1.165) is 5.75 Å². The molecule has 1 unspecified atom stereocenters. The van der Waals surface area contributed by atoms with Gasteiger partial charge in [-0.1, -0.05) is 12.1 Å². The van der Waals surface area contributed by atoms with Crippen molar-refractivity contribution in [2.75, 3.05) is 25.6 Å². The van der Waals surface area contributed by atoms with E-state index in [-0.39, 0.29) is 11.3 Å². The van der Waals surface area contributed by atoms with Crippen molar-refractivity contribution >= 4 is 17.5 Å². The minimum Gasteiger partial charge on any atom is -0.302 e. The Morgan fingerprint density at radius 3 is 2.72 bits per heavy atom. The van der Waals surface area contributed by atoms with Crippen molar-refractivity contribution in [3.05, 3.63) is 35.6 Å². The first-order valence-corrected chi connectivity index (χ1v) is 7.42. The van der Waals surface area contributed by atoms with Crippen molar-refractivity contribution in [1.82, 2.24) is 4.90 Å². The fourth-order valence-corrected chi connectivity index (χ4v) is 2.43. The summed E-state index contributed by atoms with van der Waals surface area (Å²) in [7, 11) is 2.00. The number of rotatable bonds is 7. The fraction of sp³-hybridized carbons (Fsp3) is 0.500. The number of carbonyl (C=O) groups is 1. The maximum Gasteiger partial charge on any atom is 0.167 e. The zero-order chi connectivity index (χ0) is 13.5. The number of ketones is 1. The van der Waals surface area contributed by atoms with Crippen molar-refractivity contribution in [1.29, 1.82) is 0 Å². The summed E-state index contributed by atoms with van der Waals surface area (Å²) >= 11 is 1.78. The molecule has 0 bridgehead atoms. The molecule has 0 N–H and O–H groups in total. The summed E-state index contributed by atoms with van der Waals surface area (Å²) in [5.74, 6) is 0.475. The lowest BCUT2D eigenvalue weighted by molar-refractivity contribution is 0.0960. The molecule has 0 aromatic heterocycles. The van der Waals surface area contributed by atoms with Gasteiger partial charge in [0.05, 0.1) is 5.56 Å². The van der Waals surface area contributed by atoms with Gasteiger partial charge in [0, 0.05) is 24.8 Å². The van der Waals surface area contributed by atoms with Crippen LogP contribution in [-0.2, 0) is 0 Å². The van der Waals surface area contributed by atoms with Crippen LogP contribution in [0.25, 0.3) is 0 Å². The molecule has 0 aliphatic heterocycles. The molecule has 0 fully saturated rings. The Morgan fingerprint density at radius 1 is 1.44 bits per heavy atom. The van der Waals surface area contributed by atoms with Crippen molar-refractivity contribution in [2.24, 2.45) is 0 Å². The zero-order valence-electron chi connectivity index (χ0n) is 11.1. The third-order valence-corrected chi connectivity index (χ3v) is 3.84. The van der Waals surface area contributed by atoms with E-state index in [1.807, 2.05) is 7.05 Å². The second-order valence-electron chi connectivity index (χ2n) is 4.44. The standard InChI is InChI=1S/C14H20FNOS/c1-11(10-18-3)16(2)9-8-14(17)12-6-4-5-7-13(12)15/h4-7,11H,8-10H2,1-3H3. The molecular weight excluding hydrogens is 249 g/mol. The summed E-state index contributed by atoms with van der Waals surface area (Å²) in [6, 6.07) is 6.58. The van der Waals surface area contributed by atoms with Gasteiger partial charge in [-0.25, -0.2) is 4.39 Å². The van der Waals surface area contributed by atoms with Crippen LogP contribution in [0, 0.1) is 5.82 Å². The molecule has 0 saturated heterocycles. The molecule has 1 atom stereocenters. The minimum atomic E-state index is -0.428. The number of thioether (sulfide) groups is 1. The molecule has 4 heteroatoms. The van der Waals surface area contributed by atoms with E-state index >= 15 is 0 Å². The fourth-order valence-electron chi connectivity index (χ4n) is 1.69. The highest BCUT2D eigenvalue weighted by molar-refractivity contribution is 7.98. The molecule has 0 aliphatic carbocycles. The summed E-state index contributed by atoms with van der Waals surface area (Å²) in [5, 5.41) is 0. The molecule has 0 spiro atoms. The van der Waals surface area contributed by atoms with E-state index in [9.17, 15) is 9.18 Å². The monoisotopic (exact) mass is 269 g/mol. The smallest absolute Gasteiger partial charge is 0.167 e. The Kier molecular flexibility index (Phi) is 6.36. The van der Waals surface area contributed by atoms with E-state index in [1.165, 1.54) is 6.07 Å². The van der Waals surface area contributed by atoms with Gasteiger partial charge < -0.3 is 4.90 Å². The summed E-state index contributed by atoms with van der Waals surface area (Å²) in [6.45, 7) is 2.79. The van der Waals surface area contributed by atoms with Gasteiger partial charge in [0.2, 0.25) is 0 Å². The number of benzene rings is 1. The number of halogens is 1. The van der Waals surface area contributed by atoms with E-state index in [4.69, 9.17) is 0 Å². The summed E-state index contributed by atoms with van der Waals surface area (Å²) in [4.78, 5) is 14.0. The van der Waals surface area contributed by atoms with Crippen LogP contribution in [0.4, 0.5) is 4.39 Å². The van der Waals surface area contributed by atoms with Crippen LogP contribution in [-0.4, -0.2) is 42.3 Å². The second-order valence-corrected chi connectivity index (χ2v) is 5.35. The van der Waals surface area contributed by atoms with Crippen LogP contribution in [0.2, 0.25) is 0 Å². The molecule has 18 heavy (non-hydrogen) atoms.